The molecule has 0 aliphatic heterocycles. The Labute approximate surface area is 293 Å². The van der Waals surface area contributed by atoms with Crippen LogP contribution < -0.4 is 0 Å². The molecule has 238 valence electrons. The van der Waals surface area contributed by atoms with Crippen molar-refractivity contribution in [2.75, 3.05) is 0 Å². The van der Waals surface area contributed by atoms with E-state index in [0.717, 1.165) is 82.9 Å². The summed E-state index contributed by atoms with van der Waals surface area (Å²) in [5.41, 5.74) is 13.6. The maximum Gasteiger partial charge on any atom is 0.159 e. The second kappa shape index (κ2) is 10.8. The van der Waals surface area contributed by atoms with Gasteiger partial charge >= 0.3 is 0 Å². The lowest BCUT2D eigenvalue weighted by Crippen LogP contribution is -1.94. The minimum Gasteiger partial charge on any atom is -0.456 e. The van der Waals surface area contributed by atoms with Gasteiger partial charge in [0.05, 0.1) is 16.7 Å². The quantitative estimate of drug-likeness (QED) is 0.190. The lowest BCUT2D eigenvalue weighted by Gasteiger charge is -2.10. The van der Waals surface area contributed by atoms with Crippen LogP contribution in [0.1, 0.15) is 0 Å². The van der Waals surface area contributed by atoms with Gasteiger partial charge in [-0.25, -0.2) is 0 Å². The fourth-order valence-electron chi connectivity index (χ4n) is 8.17. The molecular formula is C48H29NO2. The number of rotatable bonds is 4. The number of aromatic nitrogens is 1. The van der Waals surface area contributed by atoms with Crippen LogP contribution in [0.2, 0.25) is 0 Å². The van der Waals surface area contributed by atoms with Crippen molar-refractivity contribution in [3.63, 3.8) is 0 Å². The highest BCUT2D eigenvalue weighted by atomic mass is 16.3. The lowest BCUT2D eigenvalue weighted by atomic mass is 9.92. The summed E-state index contributed by atoms with van der Waals surface area (Å²) in [6.07, 6.45) is 0. The largest absolute Gasteiger partial charge is 0.456 e. The van der Waals surface area contributed by atoms with Crippen molar-refractivity contribution in [3.05, 3.63) is 176 Å². The molecule has 0 spiro atoms. The number of hydrogen-bond acceptors (Lipinski definition) is 2. The third-order valence-corrected chi connectivity index (χ3v) is 10.4. The molecule has 3 aromatic heterocycles. The molecule has 0 fully saturated rings. The summed E-state index contributed by atoms with van der Waals surface area (Å²) in [6.45, 7) is 0. The smallest absolute Gasteiger partial charge is 0.159 e. The van der Waals surface area contributed by atoms with Crippen LogP contribution in [-0.2, 0) is 0 Å². The van der Waals surface area contributed by atoms with Gasteiger partial charge in [-0.3, -0.25) is 0 Å². The molecule has 3 heterocycles. The zero-order valence-corrected chi connectivity index (χ0v) is 27.5. The fraction of sp³-hybridized carbons (Fsp3) is 0. The molecule has 0 radical (unpaired) electrons. The first-order valence-electron chi connectivity index (χ1n) is 17.4. The van der Waals surface area contributed by atoms with Gasteiger partial charge in [-0.2, -0.15) is 0 Å². The number of furan rings is 2. The van der Waals surface area contributed by atoms with E-state index in [9.17, 15) is 0 Å². The maximum atomic E-state index is 7.18. The SMILES string of the molecule is c1ccc(-c2ccc3c(c2)c2ccccc2n3-c2cccc3c2oc2c(-c4ccccc4)ccc(-c4cccc5oc6ccccc6c45)c23)cc1. The Morgan fingerprint density at radius 1 is 0.333 bits per heavy atom. The summed E-state index contributed by atoms with van der Waals surface area (Å²) in [7, 11) is 0. The molecule has 51 heavy (non-hydrogen) atoms. The number of para-hydroxylation sites is 3. The van der Waals surface area contributed by atoms with Gasteiger partial charge in [0, 0.05) is 37.9 Å². The monoisotopic (exact) mass is 651 g/mol. The summed E-state index contributed by atoms with van der Waals surface area (Å²) in [6, 6.07) is 62.3. The predicted molar refractivity (Wildman–Crippen MR) is 212 cm³/mol. The van der Waals surface area contributed by atoms with Gasteiger partial charge in [-0.1, -0.05) is 133 Å². The van der Waals surface area contributed by atoms with Crippen molar-refractivity contribution in [3.8, 4) is 39.1 Å². The number of fused-ring (bicyclic) bond motifs is 9. The summed E-state index contributed by atoms with van der Waals surface area (Å²) in [4.78, 5) is 0. The van der Waals surface area contributed by atoms with E-state index >= 15 is 0 Å². The molecule has 0 saturated heterocycles. The molecule has 11 aromatic rings. The van der Waals surface area contributed by atoms with Gasteiger partial charge in [-0.15, -0.1) is 0 Å². The summed E-state index contributed by atoms with van der Waals surface area (Å²) in [5, 5.41) is 6.82. The molecule has 0 aliphatic rings. The van der Waals surface area contributed by atoms with E-state index in [2.05, 4.69) is 168 Å². The highest BCUT2D eigenvalue weighted by Crippen LogP contribution is 2.47. The van der Waals surface area contributed by atoms with Crippen LogP contribution in [0, 0.1) is 0 Å². The van der Waals surface area contributed by atoms with Crippen LogP contribution in [0.15, 0.2) is 185 Å². The first-order chi connectivity index (χ1) is 25.3. The molecule has 0 aliphatic carbocycles. The van der Waals surface area contributed by atoms with Gasteiger partial charge in [0.2, 0.25) is 0 Å². The molecular weight excluding hydrogens is 623 g/mol. The molecule has 11 rings (SSSR count). The molecule has 0 bridgehead atoms. The van der Waals surface area contributed by atoms with Crippen molar-refractivity contribution in [1.82, 2.24) is 4.57 Å². The minimum atomic E-state index is 0.858. The maximum absolute atomic E-state index is 7.18. The molecule has 0 saturated carbocycles. The fourth-order valence-corrected chi connectivity index (χ4v) is 8.17. The van der Waals surface area contributed by atoms with E-state index in [-0.39, 0.29) is 0 Å². The molecule has 0 atom stereocenters. The highest BCUT2D eigenvalue weighted by molar-refractivity contribution is 6.22. The second-order valence-electron chi connectivity index (χ2n) is 13.2. The molecule has 0 N–H and O–H groups in total. The van der Waals surface area contributed by atoms with E-state index in [4.69, 9.17) is 8.83 Å². The van der Waals surface area contributed by atoms with Crippen LogP contribution in [0.3, 0.4) is 0 Å². The van der Waals surface area contributed by atoms with Gasteiger partial charge in [0.1, 0.15) is 16.7 Å². The summed E-state index contributed by atoms with van der Waals surface area (Å²) < 4.78 is 15.9. The van der Waals surface area contributed by atoms with Crippen molar-refractivity contribution in [2.45, 2.75) is 0 Å². The van der Waals surface area contributed by atoms with E-state index in [1.165, 1.54) is 21.9 Å². The third kappa shape index (κ3) is 4.12. The van der Waals surface area contributed by atoms with Crippen molar-refractivity contribution >= 4 is 65.7 Å². The van der Waals surface area contributed by atoms with E-state index in [1.54, 1.807) is 0 Å². The minimum absolute atomic E-state index is 0.858. The normalized spacial score (nSPS) is 11.9. The van der Waals surface area contributed by atoms with Crippen LogP contribution in [0.25, 0.3) is 105 Å². The Morgan fingerprint density at radius 3 is 1.84 bits per heavy atom. The van der Waals surface area contributed by atoms with Crippen molar-refractivity contribution < 1.29 is 8.83 Å². The first-order valence-corrected chi connectivity index (χ1v) is 17.4. The Balaban J connectivity index is 1.24. The Bertz CT molecular complexity index is 3130. The zero-order valence-electron chi connectivity index (χ0n) is 27.5. The Hall–Kier alpha value is -6.84. The van der Waals surface area contributed by atoms with E-state index in [0.29, 0.717) is 0 Å². The van der Waals surface area contributed by atoms with E-state index < -0.39 is 0 Å². The summed E-state index contributed by atoms with van der Waals surface area (Å²) in [5.74, 6) is 0. The number of nitrogens with zero attached hydrogens (tertiary/aromatic N) is 1. The second-order valence-corrected chi connectivity index (χ2v) is 13.2. The van der Waals surface area contributed by atoms with Crippen molar-refractivity contribution in [1.29, 1.82) is 0 Å². The average molecular weight is 652 g/mol. The van der Waals surface area contributed by atoms with Gasteiger partial charge in [0.15, 0.2) is 5.58 Å². The number of benzene rings is 8. The zero-order chi connectivity index (χ0) is 33.5. The standard InChI is InChI=1S/C48H29NO2/c1-3-13-30(14-4-1)32-25-28-41-39(29-32)34-17-7-9-21-40(34)49(41)42-22-11-20-38-46-36(27-26-33(48(46)51-47(38)42)31-15-5-2-6-16-31)35-19-12-24-44-45(35)37-18-8-10-23-43(37)50-44/h1-29H. The average Bonchev–Trinajstić information content (AvgIpc) is 3.88. The Morgan fingerprint density at radius 2 is 0.980 bits per heavy atom. The molecule has 0 unspecified atom stereocenters. The summed E-state index contributed by atoms with van der Waals surface area (Å²) >= 11 is 0. The topological polar surface area (TPSA) is 31.2 Å². The Kier molecular flexibility index (Phi) is 5.96. The molecule has 3 nitrogen and oxygen atoms in total. The van der Waals surface area contributed by atoms with Crippen LogP contribution >= 0.6 is 0 Å². The predicted octanol–water partition coefficient (Wildman–Crippen LogP) is 13.6. The molecule has 0 amide bonds. The van der Waals surface area contributed by atoms with Gasteiger partial charge in [0.25, 0.3) is 0 Å². The van der Waals surface area contributed by atoms with Crippen LogP contribution in [0.4, 0.5) is 0 Å². The van der Waals surface area contributed by atoms with Gasteiger partial charge < -0.3 is 13.4 Å². The molecule has 3 heteroatoms. The third-order valence-electron chi connectivity index (χ3n) is 10.4. The first kappa shape index (κ1) is 28.0. The highest BCUT2D eigenvalue weighted by Gasteiger charge is 2.23. The van der Waals surface area contributed by atoms with Crippen LogP contribution in [-0.4, -0.2) is 4.57 Å². The van der Waals surface area contributed by atoms with E-state index in [1.807, 2.05) is 12.1 Å². The van der Waals surface area contributed by atoms with Crippen LogP contribution in [0.5, 0.6) is 0 Å². The lowest BCUT2D eigenvalue weighted by molar-refractivity contribution is 0.667. The molecule has 8 aromatic carbocycles. The number of hydrogen-bond donors (Lipinski definition) is 0. The van der Waals surface area contributed by atoms with Gasteiger partial charge in [-0.05, 0) is 70.3 Å². The van der Waals surface area contributed by atoms with Crippen molar-refractivity contribution in [2.24, 2.45) is 0 Å².